The minimum absolute atomic E-state index is 0.117. The number of carbonyl (C=O) groups excluding carboxylic acids is 1. The summed E-state index contributed by atoms with van der Waals surface area (Å²) in [6, 6.07) is 2.37. The van der Waals surface area contributed by atoms with Crippen LogP contribution < -0.4 is 10.6 Å². The lowest BCUT2D eigenvalue weighted by Crippen LogP contribution is -2.27. The Kier molecular flexibility index (Phi) is 4.12. The van der Waals surface area contributed by atoms with Crippen molar-refractivity contribution in [1.29, 1.82) is 0 Å². The summed E-state index contributed by atoms with van der Waals surface area (Å²) in [5.41, 5.74) is 1.02. The van der Waals surface area contributed by atoms with Crippen molar-refractivity contribution in [3.8, 4) is 0 Å². The predicted octanol–water partition coefficient (Wildman–Crippen LogP) is 1.43. The molecule has 1 aliphatic rings. The van der Waals surface area contributed by atoms with Crippen LogP contribution in [0, 0.1) is 6.92 Å². The molecule has 0 atom stereocenters. The number of carbonyl (C=O) groups is 1. The van der Waals surface area contributed by atoms with Gasteiger partial charge in [-0.3, -0.25) is 4.79 Å². The zero-order valence-electron chi connectivity index (χ0n) is 11.0. The van der Waals surface area contributed by atoms with E-state index in [2.05, 4.69) is 27.5 Å². The average Bonchev–Trinajstić information content (AvgIpc) is 3.12. The lowest BCUT2D eigenvalue weighted by atomic mass is 10.3. The number of hydrogen-bond acceptors (Lipinski definition) is 4. The Morgan fingerprint density at radius 3 is 2.89 bits per heavy atom. The fraction of sp³-hybridized carbons (Fsp3) is 0.615. The van der Waals surface area contributed by atoms with Gasteiger partial charge in [0.15, 0.2) is 0 Å². The molecule has 98 valence electrons. The summed E-state index contributed by atoms with van der Waals surface area (Å²) >= 11 is 0. The van der Waals surface area contributed by atoms with Crippen molar-refractivity contribution in [2.45, 2.75) is 45.6 Å². The molecule has 1 heterocycles. The molecular weight excluding hydrogens is 228 g/mol. The summed E-state index contributed by atoms with van der Waals surface area (Å²) in [7, 11) is 0. The van der Waals surface area contributed by atoms with E-state index < -0.39 is 0 Å². The van der Waals surface area contributed by atoms with Crippen molar-refractivity contribution in [3.05, 3.63) is 17.6 Å². The highest BCUT2D eigenvalue weighted by Gasteiger charge is 2.22. The molecule has 1 saturated carbocycles. The summed E-state index contributed by atoms with van der Waals surface area (Å²) in [5, 5.41) is 6.14. The van der Waals surface area contributed by atoms with Crippen LogP contribution in [0.3, 0.4) is 0 Å². The number of anilines is 1. The molecule has 2 N–H and O–H groups in total. The van der Waals surface area contributed by atoms with E-state index in [0.29, 0.717) is 19.0 Å². The zero-order chi connectivity index (χ0) is 13.0. The Labute approximate surface area is 107 Å². The van der Waals surface area contributed by atoms with Crippen molar-refractivity contribution in [2.75, 3.05) is 11.9 Å². The molecule has 1 aromatic heterocycles. The highest BCUT2D eigenvalue weighted by molar-refractivity contribution is 5.77. The van der Waals surface area contributed by atoms with Crippen LogP contribution in [0.2, 0.25) is 0 Å². The Hall–Kier alpha value is -1.65. The van der Waals surface area contributed by atoms with Gasteiger partial charge >= 0.3 is 0 Å². The van der Waals surface area contributed by atoms with Crippen LogP contribution in [0.1, 0.15) is 37.7 Å². The van der Waals surface area contributed by atoms with Gasteiger partial charge in [-0.25, -0.2) is 9.97 Å². The van der Waals surface area contributed by atoms with Crippen molar-refractivity contribution < 1.29 is 4.79 Å². The van der Waals surface area contributed by atoms with E-state index >= 15 is 0 Å². The van der Waals surface area contributed by atoms with Crippen LogP contribution in [0.25, 0.3) is 0 Å². The maximum atomic E-state index is 11.5. The molecule has 0 radical (unpaired) electrons. The predicted molar refractivity (Wildman–Crippen MR) is 70.4 cm³/mol. The Morgan fingerprint density at radius 2 is 2.22 bits per heavy atom. The van der Waals surface area contributed by atoms with Gasteiger partial charge in [-0.15, -0.1) is 0 Å². The summed E-state index contributed by atoms with van der Waals surface area (Å²) in [6.45, 7) is 4.55. The van der Waals surface area contributed by atoms with E-state index in [1.54, 1.807) is 0 Å². The molecule has 18 heavy (non-hydrogen) atoms. The molecule has 1 aliphatic carbocycles. The fourth-order valence-corrected chi connectivity index (χ4v) is 1.73. The first kappa shape index (κ1) is 12.8. The molecule has 0 saturated heterocycles. The van der Waals surface area contributed by atoms with E-state index in [-0.39, 0.29) is 5.91 Å². The quantitative estimate of drug-likeness (QED) is 0.799. The van der Waals surface area contributed by atoms with Crippen LogP contribution in [-0.4, -0.2) is 28.5 Å². The molecule has 0 aromatic carbocycles. The molecule has 2 rings (SSSR count). The van der Waals surface area contributed by atoms with Crippen LogP contribution in [0.5, 0.6) is 0 Å². The average molecular weight is 248 g/mol. The molecule has 1 amide bonds. The van der Waals surface area contributed by atoms with Crippen LogP contribution in [0.4, 0.5) is 5.82 Å². The third-order valence-electron chi connectivity index (χ3n) is 2.85. The molecule has 0 bridgehead atoms. The normalized spacial score (nSPS) is 14.3. The second-order valence-corrected chi connectivity index (χ2v) is 4.66. The Bertz CT molecular complexity index is 429. The maximum absolute atomic E-state index is 11.5. The van der Waals surface area contributed by atoms with E-state index in [4.69, 9.17) is 0 Å². The SMILES string of the molecule is CCc1cc(NCCC(=O)NC2CC2)nc(C)n1. The van der Waals surface area contributed by atoms with Gasteiger partial charge in [-0.05, 0) is 26.2 Å². The molecule has 5 nitrogen and oxygen atoms in total. The minimum Gasteiger partial charge on any atom is -0.369 e. The topological polar surface area (TPSA) is 66.9 Å². The first-order valence-electron chi connectivity index (χ1n) is 6.55. The molecule has 1 fully saturated rings. The molecular formula is C13H20N4O. The van der Waals surface area contributed by atoms with Crippen LogP contribution >= 0.6 is 0 Å². The molecule has 0 unspecified atom stereocenters. The molecule has 1 aromatic rings. The Morgan fingerprint density at radius 1 is 1.44 bits per heavy atom. The maximum Gasteiger partial charge on any atom is 0.221 e. The Balaban J connectivity index is 1.78. The summed E-state index contributed by atoms with van der Waals surface area (Å²) in [5.74, 6) is 1.68. The minimum atomic E-state index is 0.117. The number of rotatable bonds is 6. The fourth-order valence-electron chi connectivity index (χ4n) is 1.73. The zero-order valence-corrected chi connectivity index (χ0v) is 11.0. The monoisotopic (exact) mass is 248 g/mol. The lowest BCUT2D eigenvalue weighted by molar-refractivity contribution is -0.120. The first-order valence-corrected chi connectivity index (χ1v) is 6.55. The van der Waals surface area contributed by atoms with E-state index in [1.165, 1.54) is 0 Å². The van der Waals surface area contributed by atoms with Crippen molar-refractivity contribution in [3.63, 3.8) is 0 Å². The lowest BCUT2D eigenvalue weighted by Gasteiger charge is -2.08. The van der Waals surface area contributed by atoms with Crippen molar-refractivity contribution >= 4 is 11.7 Å². The number of nitrogens with one attached hydrogen (secondary N) is 2. The first-order chi connectivity index (χ1) is 8.67. The van der Waals surface area contributed by atoms with Gasteiger partial charge in [0.1, 0.15) is 11.6 Å². The smallest absolute Gasteiger partial charge is 0.221 e. The van der Waals surface area contributed by atoms with Gasteiger partial charge in [0.05, 0.1) is 0 Å². The molecule has 5 heteroatoms. The van der Waals surface area contributed by atoms with Gasteiger partial charge in [0.2, 0.25) is 5.91 Å². The van der Waals surface area contributed by atoms with E-state index in [9.17, 15) is 4.79 Å². The second kappa shape index (κ2) is 5.80. The number of aryl methyl sites for hydroxylation is 2. The van der Waals surface area contributed by atoms with Crippen molar-refractivity contribution in [1.82, 2.24) is 15.3 Å². The highest BCUT2D eigenvalue weighted by Crippen LogP contribution is 2.18. The molecule has 0 spiro atoms. The summed E-state index contributed by atoms with van der Waals surface area (Å²) in [4.78, 5) is 20.1. The third kappa shape index (κ3) is 3.98. The van der Waals surface area contributed by atoms with Gasteiger partial charge in [-0.1, -0.05) is 6.92 Å². The highest BCUT2D eigenvalue weighted by atomic mass is 16.1. The third-order valence-corrected chi connectivity index (χ3v) is 2.85. The standard InChI is InChI=1S/C13H20N4O/c1-3-10-8-12(16-9(2)15-10)14-7-6-13(18)17-11-4-5-11/h8,11H,3-7H2,1-2H3,(H,17,18)(H,14,15,16). The van der Waals surface area contributed by atoms with Gasteiger partial charge in [-0.2, -0.15) is 0 Å². The largest absolute Gasteiger partial charge is 0.369 e. The number of amides is 1. The van der Waals surface area contributed by atoms with Crippen molar-refractivity contribution in [2.24, 2.45) is 0 Å². The van der Waals surface area contributed by atoms with E-state index in [1.807, 2.05) is 13.0 Å². The number of aromatic nitrogens is 2. The van der Waals surface area contributed by atoms with Crippen LogP contribution in [0.15, 0.2) is 6.07 Å². The van der Waals surface area contributed by atoms with Crippen LogP contribution in [-0.2, 0) is 11.2 Å². The van der Waals surface area contributed by atoms with Gasteiger partial charge in [0, 0.05) is 30.8 Å². The summed E-state index contributed by atoms with van der Waals surface area (Å²) in [6.07, 6.45) is 3.63. The van der Waals surface area contributed by atoms with Gasteiger partial charge < -0.3 is 10.6 Å². The molecule has 0 aliphatic heterocycles. The van der Waals surface area contributed by atoms with Gasteiger partial charge in [0.25, 0.3) is 0 Å². The van der Waals surface area contributed by atoms with E-state index in [0.717, 1.165) is 36.6 Å². The second-order valence-electron chi connectivity index (χ2n) is 4.66. The number of nitrogens with zero attached hydrogens (tertiary/aromatic N) is 2. The summed E-state index contributed by atoms with van der Waals surface area (Å²) < 4.78 is 0. The number of hydrogen-bond donors (Lipinski definition) is 2.